The normalized spacial score (nSPS) is 10.7. The van der Waals surface area contributed by atoms with Gasteiger partial charge in [0.1, 0.15) is 0 Å². The van der Waals surface area contributed by atoms with E-state index in [1.807, 2.05) is 0 Å². The molecular formula is C13H31NNaO4S. The van der Waals surface area contributed by atoms with Crippen molar-refractivity contribution < 1.29 is 17.2 Å². The van der Waals surface area contributed by atoms with Crippen molar-refractivity contribution in [2.24, 2.45) is 0 Å². The van der Waals surface area contributed by atoms with Crippen LogP contribution in [0.25, 0.3) is 0 Å². The summed E-state index contributed by atoms with van der Waals surface area (Å²) >= 11 is 0. The van der Waals surface area contributed by atoms with Gasteiger partial charge in [0, 0.05) is 29.6 Å². The first kappa shape index (κ1) is 25.8. The van der Waals surface area contributed by atoms with Crippen LogP contribution in [0, 0.1) is 0 Å². The fourth-order valence-electron chi connectivity index (χ4n) is 1.93. The van der Waals surface area contributed by atoms with Gasteiger partial charge in [0.25, 0.3) is 0 Å². The van der Waals surface area contributed by atoms with E-state index in [-0.39, 0.29) is 42.3 Å². The molecule has 0 atom stereocenters. The van der Waals surface area contributed by atoms with Crippen LogP contribution < -0.4 is 6.15 Å². The number of unbranched alkanes of at least 4 members (excludes halogenated alkanes) is 10. The van der Waals surface area contributed by atoms with Crippen molar-refractivity contribution in [3.05, 3.63) is 0 Å². The molecule has 5 nitrogen and oxygen atoms in total. The zero-order valence-corrected chi connectivity index (χ0v) is 16.3. The molecule has 0 spiro atoms. The van der Waals surface area contributed by atoms with E-state index in [1.165, 1.54) is 51.4 Å². The molecule has 0 saturated carbocycles. The van der Waals surface area contributed by atoms with Crippen LogP contribution in [-0.2, 0) is 14.6 Å². The molecule has 0 unspecified atom stereocenters. The van der Waals surface area contributed by atoms with E-state index in [9.17, 15) is 13.0 Å². The number of hydrogen-bond acceptors (Lipinski definition) is 4. The molecule has 119 valence electrons. The van der Waals surface area contributed by atoms with Crippen LogP contribution in [0.15, 0.2) is 0 Å². The van der Waals surface area contributed by atoms with E-state index in [0.29, 0.717) is 6.42 Å². The van der Waals surface area contributed by atoms with Gasteiger partial charge in [0.05, 0.1) is 6.61 Å². The Labute approximate surface area is 147 Å². The van der Waals surface area contributed by atoms with Crippen LogP contribution in [0.2, 0.25) is 0 Å². The molecule has 0 aromatic carbocycles. The molecule has 0 bridgehead atoms. The van der Waals surface area contributed by atoms with E-state index in [1.54, 1.807) is 0 Å². The zero-order valence-electron chi connectivity index (χ0n) is 13.5. The summed E-state index contributed by atoms with van der Waals surface area (Å²) < 4.78 is 34.5. The quantitative estimate of drug-likeness (QED) is 0.241. The molecule has 4 N–H and O–H groups in total. The van der Waals surface area contributed by atoms with Crippen molar-refractivity contribution in [2.45, 2.75) is 77.6 Å². The number of quaternary nitrogens is 1. The molecule has 0 heterocycles. The molecule has 0 aromatic heterocycles. The molecule has 7 heteroatoms. The maximum Gasteiger partial charge on any atom is 0.217 e. The topological polar surface area (TPSA) is 103 Å². The van der Waals surface area contributed by atoms with Gasteiger partial charge in [-0.15, -0.1) is 0 Å². The maximum atomic E-state index is 10.1. The number of rotatable bonds is 13. The monoisotopic (exact) mass is 320 g/mol. The molecule has 0 amide bonds. The van der Waals surface area contributed by atoms with E-state index < -0.39 is 10.4 Å². The summed E-state index contributed by atoms with van der Waals surface area (Å²) in [5.41, 5.74) is 0. The minimum absolute atomic E-state index is 0. The first-order valence-electron chi connectivity index (χ1n) is 7.16. The Hall–Kier alpha value is 0.830. The van der Waals surface area contributed by atoms with Crippen molar-refractivity contribution in [1.29, 1.82) is 0 Å². The molecule has 0 fully saturated rings. The summed E-state index contributed by atoms with van der Waals surface area (Å²) in [4.78, 5) is 0. The summed E-state index contributed by atoms with van der Waals surface area (Å²) in [6.07, 6.45) is 13.1. The largest absolute Gasteiger partial charge is 0.726 e. The second-order valence-corrected chi connectivity index (χ2v) is 5.82. The minimum atomic E-state index is -4.49. The Morgan fingerprint density at radius 1 is 0.800 bits per heavy atom. The smallest absolute Gasteiger partial charge is 0.217 e. The number of hydrogen-bond donors (Lipinski definition) is 1. The van der Waals surface area contributed by atoms with Crippen LogP contribution in [-0.4, -0.2) is 49.1 Å². The molecular weight excluding hydrogens is 289 g/mol. The van der Waals surface area contributed by atoms with Crippen LogP contribution in [0.1, 0.15) is 77.6 Å². The third-order valence-corrected chi connectivity index (χ3v) is 3.43. The van der Waals surface area contributed by atoms with Crippen molar-refractivity contribution in [3.63, 3.8) is 0 Å². The predicted octanol–water partition coefficient (Wildman–Crippen LogP) is 3.77. The van der Waals surface area contributed by atoms with Gasteiger partial charge in [-0.2, -0.15) is 0 Å². The average Bonchev–Trinajstić information content (AvgIpc) is 2.29. The fourth-order valence-corrected chi connectivity index (χ4v) is 2.25. The standard InChI is InChI=1S/C13H28O4S.H3N.Na/c1-2-3-4-5-6-7-8-9-10-11-12-13-17-18(14,15)16;;/h2-13H2,1H3,(H,14,15,16);1H3;. The first-order valence-corrected chi connectivity index (χ1v) is 8.50. The van der Waals surface area contributed by atoms with E-state index in [0.717, 1.165) is 12.8 Å². The predicted molar refractivity (Wildman–Crippen MR) is 83.8 cm³/mol. The summed E-state index contributed by atoms with van der Waals surface area (Å²) in [5.74, 6) is 0. The second-order valence-electron chi connectivity index (χ2n) is 4.77. The van der Waals surface area contributed by atoms with E-state index in [2.05, 4.69) is 11.1 Å². The van der Waals surface area contributed by atoms with E-state index in [4.69, 9.17) is 0 Å². The van der Waals surface area contributed by atoms with Crippen LogP contribution in [0.3, 0.4) is 0 Å². The molecule has 0 rings (SSSR count). The van der Waals surface area contributed by atoms with Crippen molar-refractivity contribution >= 4 is 40.0 Å². The van der Waals surface area contributed by atoms with E-state index >= 15 is 0 Å². The van der Waals surface area contributed by atoms with Gasteiger partial charge in [-0.05, 0) is 6.42 Å². The van der Waals surface area contributed by atoms with Crippen molar-refractivity contribution in [1.82, 2.24) is 6.15 Å². The Morgan fingerprint density at radius 2 is 1.15 bits per heavy atom. The zero-order chi connectivity index (χ0) is 13.7. The average molecular weight is 320 g/mol. The summed E-state index contributed by atoms with van der Waals surface area (Å²) in [5, 5.41) is 0. The van der Waals surface area contributed by atoms with Crippen LogP contribution >= 0.6 is 0 Å². The van der Waals surface area contributed by atoms with Gasteiger partial charge in [0.2, 0.25) is 10.4 Å². The van der Waals surface area contributed by atoms with Gasteiger partial charge < -0.3 is 10.7 Å². The third kappa shape index (κ3) is 23.9. The first-order chi connectivity index (χ1) is 8.56. The molecule has 0 aliphatic rings. The molecule has 0 aromatic rings. The third-order valence-electron chi connectivity index (χ3n) is 2.98. The minimum Gasteiger partial charge on any atom is -0.726 e. The van der Waals surface area contributed by atoms with Gasteiger partial charge >= 0.3 is 0 Å². The van der Waals surface area contributed by atoms with Gasteiger partial charge in [-0.3, -0.25) is 4.18 Å². The Morgan fingerprint density at radius 3 is 1.50 bits per heavy atom. The molecule has 20 heavy (non-hydrogen) atoms. The summed E-state index contributed by atoms with van der Waals surface area (Å²) in [6, 6.07) is 0. The Kier molecular flexibility index (Phi) is 23.0. The summed E-state index contributed by atoms with van der Waals surface area (Å²) in [7, 11) is -4.49. The Bertz CT molecular complexity index is 274. The van der Waals surface area contributed by atoms with Crippen molar-refractivity contribution in [3.8, 4) is 0 Å². The van der Waals surface area contributed by atoms with Gasteiger partial charge in [0.15, 0.2) is 0 Å². The van der Waals surface area contributed by atoms with Crippen molar-refractivity contribution in [2.75, 3.05) is 6.61 Å². The molecule has 0 aliphatic carbocycles. The Balaban J connectivity index is -0.00000144. The molecule has 0 saturated heterocycles. The van der Waals surface area contributed by atoms with Gasteiger partial charge in [-0.1, -0.05) is 71.1 Å². The maximum absolute atomic E-state index is 10.1. The van der Waals surface area contributed by atoms with Gasteiger partial charge in [-0.25, -0.2) is 8.42 Å². The SMILES string of the molecule is CCCCCCCCCCCCCOS(=O)(=O)[O-].[NH4+].[Na]. The summed E-state index contributed by atoms with van der Waals surface area (Å²) in [6.45, 7) is 2.25. The van der Waals surface area contributed by atoms with Crippen LogP contribution in [0.4, 0.5) is 0 Å². The van der Waals surface area contributed by atoms with Crippen LogP contribution in [0.5, 0.6) is 0 Å². The molecule has 1 radical (unpaired) electrons. The molecule has 0 aliphatic heterocycles. The second kappa shape index (κ2) is 17.9. The fraction of sp³-hybridized carbons (Fsp3) is 1.00.